The molecule has 0 radical (unpaired) electrons. The Morgan fingerprint density at radius 1 is 0.920 bits per heavy atom. The third-order valence-electron chi connectivity index (χ3n) is 4.88. The van der Waals surface area contributed by atoms with Crippen LogP contribution in [0.4, 0.5) is 0 Å². The smallest absolute Gasteiger partial charge is 0.358 e. The molecule has 0 aliphatic carbocycles. The quantitative estimate of drug-likeness (QED) is 0.451. The standard InChI is InChI=1S/C16H37P.C3H3N3O2/c1-5-9-13-17(14-10-6-2,15-11-7-3)16-12-8-4;7-3(8)2-1-4-6-5-2/h17H,5-16H2,1-4H3;1H,(H,7,8)(H,4,5,6). The van der Waals surface area contributed by atoms with Crippen LogP contribution in [0, 0.1) is 0 Å². The molecular formula is C19H40N3O2P. The minimum Gasteiger partial charge on any atom is -0.476 e. The van der Waals surface area contributed by atoms with Crippen LogP contribution in [0.25, 0.3) is 0 Å². The van der Waals surface area contributed by atoms with Crippen molar-refractivity contribution in [1.82, 2.24) is 15.4 Å². The van der Waals surface area contributed by atoms with Crippen LogP contribution in [-0.4, -0.2) is 51.1 Å². The van der Waals surface area contributed by atoms with Crippen LogP contribution in [0.3, 0.4) is 0 Å². The largest absolute Gasteiger partial charge is 0.476 e. The molecule has 0 spiro atoms. The Morgan fingerprint density at radius 2 is 1.32 bits per heavy atom. The first-order valence-corrected chi connectivity index (χ1v) is 13.0. The van der Waals surface area contributed by atoms with E-state index in [1.165, 1.54) is 57.6 Å². The van der Waals surface area contributed by atoms with Crippen LogP contribution < -0.4 is 0 Å². The van der Waals surface area contributed by atoms with Gasteiger partial charge in [-0.3, -0.25) is 5.10 Å². The zero-order valence-electron chi connectivity index (χ0n) is 16.8. The van der Waals surface area contributed by atoms with Crippen LogP contribution >= 0.6 is 7.26 Å². The minimum atomic E-state index is -1.07. The number of hydrogen-bond acceptors (Lipinski definition) is 3. The second-order valence-corrected chi connectivity index (χ2v) is 12.1. The summed E-state index contributed by atoms with van der Waals surface area (Å²) < 4.78 is 0. The van der Waals surface area contributed by atoms with Crippen LogP contribution in [0.15, 0.2) is 6.20 Å². The summed E-state index contributed by atoms with van der Waals surface area (Å²) in [6.07, 6.45) is 19.3. The fourth-order valence-electron chi connectivity index (χ4n) is 3.26. The van der Waals surface area contributed by atoms with E-state index in [1.54, 1.807) is 24.6 Å². The topological polar surface area (TPSA) is 78.9 Å². The summed E-state index contributed by atoms with van der Waals surface area (Å²) in [5.41, 5.74) is -0.0648. The first kappa shape index (κ1) is 24.0. The Balaban J connectivity index is 0.000000593. The number of carboxylic acids is 1. The van der Waals surface area contributed by atoms with E-state index in [2.05, 4.69) is 43.1 Å². The Labute approximate surface area is 154 Å². The van der Waals surface area contributed by atoms with Gasteiger partial charge in [-0.05, 0) is 0 Å². The van der Waals surface area contributed by atoms with Crippen molar-refractivity contribution in [2.45, 2.75) is 79.1 Å². The van der Waals surface area contributed by atoms with Gasteiger partial charge in [-0.2, -0.15) is 0 Å². The summed E-state index contributed by atoms with van der Waals surface area (Å²) in [6, 6.07) is 0. The van der Waals surface area contributed by atoms with Crippen molar-refractivity contribution < 1.29 is 9.90 Å². The molecule has 0 amide bonds. The van der Waals surface area contributed by atoms with Crippen LogP contribution in [0.2, 0.25) is 0 Å². The molecule has 0 aromatic carbocycles. The normalized spacial score (nSPS) is 11.7. The van der Waals surface area contributed by atoms with Gasteiger partial charge in [0.05, 0.1) is 6.20 Å². The number of carboxylic acid groups (broad SMARTS) is 1. The first-order valence-electron chi connectivity index (χ1n) is 10.1. The fraction of sp³-hybridized carbons (Fsp3) is 0.842. The number of aromatic carboxylic acids is 1. The number of carbonyl (C=O) groups is 1. The SMILES string of the molecule is CCCC[PH](CCCC)(CCCC)CCCC.O=C(O)c1c[nH]nn1. The van der Waals surface area contributed by atoms with E-state index in [1.807, 2.05) is 0 Å². The average Bonchev–Trinajstić information content (AvgIpc) is 3.16. The predicted molar refractivity (Wildman–Crippen MR) is 111 cm³/mol. The van der Waals surface area contributed by atoms with Crippen LogP contribution in [-0.2, 0) is 0 Å². The van der Waals surface area contributed by atoms with Gasteiger partial charge in [0.2, 0.25) is 0 Å². The van der Waals surface area contributed by atoms with Gasteiger partial charge in [0.25, 0.3) is 0 Å². The van der Waals surface area contributed by atoms with Crippen molar-refractivity contribution in [3.8, 4) is 0 Å². The third-order valence-corrected chi connectivity index (χ3v) is 10.5. The van der Waals surface area contributed by atoms with E-state index >= 15 is 0 Å². The molecule has 0 fully saturated rings. The molecule has 148 valence electrons. The maximum absolute atomic E-state index is 9.94. The summed E-state index contributed by atoms with van der Waals surface area (Å²) in [7, 11) is -0.879. The molecular weight excluding hydrogens is 333 g/mol. The Morgan fingerprint density at radius 3 is 1.52 bits per heavy atom. The molecule has 1 aromatic rings. The van der Waals surface area contributed by atoms with Gasteiger partial charge in [-0.25, -0.2) is 4.79 Å². The maximum Gasteiger partial charge on any atom is 0.358 e. The molecule has 0 unspecified atom stereocenters. The monoisotopic (exact) mass is 373 g/mol. The van der Waals surface area contributed by atoms with Gasteiger partial charge >= 0.3 is 117 Å². The summed E-state index contributed by atoms with van der Waals surface area (Å²) >= 11 is 0. The predicted octanol–water partition coefficient (Wildman–Crippen LogP) is 5.44. The Bertz CT molecular complexity index is 387. The number of unbranched alkanes of at least 4 members (excludes halogenated alkanes) is 4. The number of aromatic nitrogens is 3. The van der Waals surface area contributed by atoms with E-state index in [4.69, 9.17) is 5.11 Å². The number of nitrogens with one attached hydrogen (secondary N) is 1. The van der Waals surface area contributed by atoms with Gasteiger partial charge in [0.15, 0.2) is 5.69 Å². The van der Waals surface area contributed by atoms with Gasteiger partial charge in [-0.1, -0.05) is 5.21 Å². The molecule has 6 heteroatoms. The van der Waals surface area contributed by atoms with Gasteiger partial charge in [-0.15, -0.1) is 5.10 Å². The Hall–Kier alpha value is -0.960. The summed E-state index contributed by atoms with van der Waals surface area (Å²) in [6.45, 7) is 9.44. The van der Waals surface area contributed by atoms with E-state index < -0.39 is 13.2 Å². The van der Waals surface area contributed by atoms with E-state index in [0.717, 1.165) is 0 Å². The van der Waals surface area contributed by atoms with E-state index in [-0.39, 0.29) is 5.69 Å². The molecule has 1 aromatic heterocycles. The number of rotatable bonds is 13. The number of hydrogen-bond donors (Lipinski definition) is 2. The number of nitrogens with zero attached hydrogens (tertiary/aromatic N) is 2. The second kappa shape index (κ2) is 15.3. The molecule has 0 aliphatic heterocycles. The fourth-order valence-corrected chi connectivity index (χ4v) is 9.18. The maximum atomic E-state index is 9.94. The van der Waals surface area contributed by atoms with Crippen molar-refractivity contribution in [2.24, 2.45) is 0 Å². The molecule has 0 aliphatic rings. The number of aromatic amines is 1. The molecule has 1 rings (SSSR count). The van der Waals surface area contributed by atoms with Crippen molar-refractivity contribution in [2.75, 3.05) is 24.6 Å². The molecule has 25 heavy (non-hydrogen) atoms. The van der Waals surface area contributed by atoms with E-state index in [9.17, 15) is 4.79 Å². The molecule has 1 heterocycles. The molecule has 0 bridgehead atoms. The second-order valence-electron chi connectivity index (χ2n) is 7.08. The molecule has 0 saturated heterocycles. The van der Waals surface area contributed by atoms with Crippen LogP contribution in [0.5, 0.6) is 0 Å². The number of H-pyrrole nitrogens is 1. The molecule has 0 atom stereocenters. The Kier molecular flexibility index (Phi) is 14.7. The van der Waals surface area contributed by atoms with Crippen molar-refractivity contribution in [3.05, 3.63) is 11.9 Å². The van der Waals surface area contributed by atoms with Gasteiger partial charge < -0.3 is 5.11 Å². The molecule has 0 saturated carbocycles. The minimum absolute atomic E-state index is 0.0648. The van der Waals surface area contributed by atoms with Crippen LogP contribution in [0.1, 0.15) is 89.5 Å². The average molecular weight is 374 g/mol. The third kappa shape index (κ3) is 11.3. The summed E-state index contributed by atoms with van der Waals surface area (Å²) in [4.78, 5) is 9.94. The van der Waals surface area contributed by atoms with Crippen molar-refractivity contribution >= 4 is 13.2 Å². The zero-order valence-corrected chi connectivity index (χ0v) is 17.8. The summed E-state index contributed by atoms with van der Waals surface area (Å²) in [5.74, 6) is -1.07. The van der Waals surface area contributed by atoms with Crippen molar-refractivity contribution in [1.29, 1.82) is 0 Å². The van der Waals surface area contributed by atoms with Gasteiger partial charge in [0.1, 0.15) is 0 Å². The van der Waals surface area contributed by atoms with E-state index in [0.29, 0.717) is 0 Å². The van der Waals surface area contributed by atoms with Crippen molar-refractivity contribution in [3.63, 3.8) is 0 Å². The zero-order chi connectivity index (χ0) is 19.0. The summed E-state index contributed by atoms with van der Waals surface area (Å²) in [5, 5.41) is 16.8. The molecule has 5 nitrogen and oxygen atoms in total. The van der Waals surface area contributed by atoms with Gasteiger partial charge in [0, 0.05) is 0 Å². The first-order chi connectivity index (χ1) is 12.0. The molecule has 2 N–H and O–H groups in total.